The van der Waals surface area contributed by atoms with Crippen LogP contribution in [-0.2, 0) is 24.1 Å². The predicted molar refractivity (Wildman–Crippen MR) is 117 cm³/mol. The first kappa shape index (κ1) is 18.3. The van der Waals surface area contributed by atoms with Gasteiger partial charge in [-0.25, -0.2) is 0 Å². The minimum atomic E-state index is -0.00484. The van der Waals surface area contributed by atoms with E-state index in [-0.39, 0.29) is 5.91 Å². The van der Waals surface area contributed by atoms with Gasteiger partial charge in [-0.05, 0) is 61.7 Å². The molecule has 5 rings (SSSR count). The van der Waals surface area contributed by atoms with Crippen LogP contribution in [-0.4, -0.2) is 44.0 Å². The number of likely N-dealkylation sites (N-methyl/N-ethyl adjacent to an activating group) is 1. The van der Waals surface area contributed by atoms with Crippen molar-refractivity contribution in [2.24, 2.45) is 0 Å². The van der Waals surface area contributed by atoms with E-state index in [9.17, 15) is 4.79 Å². The number of para-hydroxylation sites is 2. The van der Waals surface area contributed by atoms with Gasteiger partial charge in [0.1, 0.15) is 5.58 Å². The van der Waals surface area contributed by atoms with Gasteiger partial charge in [-0.3, -0.25) is 4.79 Å². The van der Waals surface area contributed by atoms with E-state index >= 15 is 0 Å². The van der Waals surface area contributed by atoms with Gasteiger partial charge in [0, 0.05) is 37.1 Å². The Labute approximate surface area is 171 Å². The van der Waals surface area contributed by atoms with Crippen LogP contribution in [0.4, 0.5) is 11.4 Å². The van der Waals surface area contributed by atoms with E-state index in [1.807, 2.05) is 18.2 Å². The number of nitrogens with zero attached hydrogens (tertiary/aromatic N) is 2. The van der Waals surface area contributed by atoms with Gasteiger partial charge in [0.25, 0.3) is 0 Å². The van der Waals surface area contributed by atoms with Crippen LogP contribution in [0.3, 0.4) is 0 Å². The fourth-order valence-corrected chi connectivity index (χ4v) is 4.55. The third kappa shape index (κ3) is 3.62. The molecule has 1 aliphatic carbocycles. The average Bonchev–Trinajstić information content (AvgIpc) is 3.34. The Balaban J connectivity index is 1.33. The van der Waals surface area contributed by atoms with Crippen LogP contribution in [0.15, 0.2) is 47.1 Å². The van der Waals surface area contributed by atoms with Gasteiger partial charge < -0.3 is 19.5 Å². The van der Waals surface area contributed by atoms with Gasteiger partial charge in [-0.1, -0.05) is 12.1 Å². The monoisotopic (exact) mass is 389 g/mol. The molecule has 0 unspecified atom stereocenters. The van der Waals surface area contributed by atoms with Crippen molar-refractivity contribution in [3.63, 3.8) is 0 Å². The zero-order valence-corrected chi connectivity index (χ0v) is 16.9. The van der Waals surface area contributed by atoms with Crippen LogP contribution in [0.5, 0.6) is 0 Å². The van der Waals surface area contributed by atoms with Crippen LogP contribution < -0.4 is 10.2 Å². The Morgan fingerprint density at radius 3 is 2.66 bits per heavy atom. The fraction of sp³-hybridized carbons (Fsp3) is 0.375. The number of hydrogen-bond donors (Lipinski definition) is 1. The van der Waals surface area contributed by atoms with Crippen molar-refractivity contribution in [3.8, 4) is 0 Å². The lowest BCUT2D eigenvalue weighted by molar-refractivity contribution is -0.115. The summed E-state index contributed by atoms with van der Waals surface area (Å²) in [7, 11) is 2.15. The molecule has 1 amide bonds. The number of piperazine rings is 1. The van der Waals surface area contributed by atoms with Crippen LogP contribution in [0.2, 0.25) is 0 Å². The first-order chi connectivity index (χ1) is 14.2. The molecule has 5 heteroatoms. The van der Waals surface area contributed by atoms with E-state index in [0.29, 0.717) is 6.42 Å². The van der Waals surface area contributed by atoms with Crippen LogP contribution in [0, 0.1) is 0 Å². The molecule has 1 saturated heterocycles. The molecule has 2 aliphatic rings. The summed E-state index contributed by atoms with van der Waals surface area (Å²) in [5.41, 5.74) is 6.64. The molecule has 1 aromatic heterocycles. The van der Waals surface area contributed by atoms with E-state index in [1.54, 1.807) is 6.26 Å². The molecule has 1 N–H and O–H groups in total. The first-order valence-corrected chi connectivity index (χ1v) is 10.5. The lowest BCUT2D eigenvalue weighted by Gasteiger charge is -2.35. The minimum absolute atomic E-state index is 0.00484. The van der Waals surface area contributed by atoms with Crippen LogP contribution in [0.25, 0.3) is 11.0 Å². The number of benzene rings is 2. The number of aryl methyl sites for hydroxylation is 2. The summed E-state index contributed by atoms with van der Waals surface area (Å²) in [5, 5.41) is 4.22. The van der Waals surface area contributed by atoms with Gasteiger partial charge in [-0.15, -0.1) is 0 Å². The van der Waals surface area contributed by atoms with Crippen molar-refractivity contribution in [1.82, 2.24) is 4.90 Å². The fourth-order valence-electron chi connectivity index (χ4n) is 4.55. The number of carbonyl (C=O) groups is 1. The first-order valence-electron chi connectivity index (χ1n) is 10.5. The molecule has 2 aromatic carbocycles. The highest BCUT2D eigenvalue weighted by molar-refractivity contribution is 5.98. The third-order valence-electron chi connectivity index (χ3n) is 6.24. The standard InChI is InChI=1S/C24H27N3O2/c1-26-9-11-27(12-10-26)22-8-3-2-7-21(22)25-24(28)15-19-16-29-23-14-18-6-4-5-17(18)13-20(19)23/h2-3,7-8,13-14,16H,4-6,9-12,15H2,1H3,(H,25,28). The van der Waals surface area contributed by atoms with E-state index in [4.69, 9.17) is 4.42 Å². The Bertz CT molecular complexity index is 1050. The maximum absolute atomic E-state index is 12.9. The number of hydrogen-bond acceptors (Lipinski definition) is 4. The van der Waals surface area contributed by atoms with E-state index in [0.717, 1.165) is 66.9 Å². The molecule has 1 fully saturated rings. The SMILES string of the molecule is CN1CCN(c2ccccc2NC(=O)Cc2coc3cc4c(cc23)CCC4)CC1. The van der Waals surface area contributed by atoms with Gasteiger partial charge in [0.05, 0.1) is 24.1 Å². The van der Waals surface area contributed by atoms with E-state index in [2.05, 4.69) is 40.4 Å². The maximum atomic E-state index is 12.9. The highest BCUT2D eigenvalue weighted by Crippen LogP contribution is 2.31. The number of amides is 1. The van der Waals surface area contributed by atoms with Crippen LogP contribution >= 0.6 is 0 Å². The molecule has 150 valence electrons. The summed E-state index contributed by atoms with van der Waals surface area (Å²) in [5.74, 6) is -0.00484. The number of nitrogens with one attached hydrogen (secondary N) is 1. The molecule has 3 aromatic rings. The maximum Gasteiger partial charge on any atom is 0.228 e. The zero-order valence-electron chi connectivity index (χ0n) is 16.9. The molecule has 0 atom stereocenters. The number of fused-ring (bicyclic) bond motifs is 2. The van der Waals surface area contributed by atoms with Crippen molar-refractivity contribution in [3.05, 3.63) is 59.4 Å². The highest BCUT2D eigenvalue weighted by atomic mass is 16.3. The number of furan rings is 1. The molecule has 1 aliphatic heterocycles. The minimum Gasteiger partial charge on any atom is -0.464 e. The number of anilines is 2. The molecule has 2 heterocycles. The summed E-state index contributed by atoms with van der Waals surface area (Å²) in [6, 6.07) is 12.5. The molecule has 0 bridgehead atoms. The molecular formula is C24H27N3O2. The van der Waals surface area contributed by atoms with Crippen LogP contribution in [0.1, 0.15) is 23.1 Å². The number of carbonyl (C=O) groups excluding carboxylic acids is 1. The molecular weight excluding hydrogens is 362 g/mol. The Morgan fingerprint density at radius 2 is 1.83 bits per heavy atom. The van der Waals surface area contributed by atoms with Gasteiger partial charge in [0.2, 0.25) is 5.91 Å². The summed E-state index contributed by atoms with van der Waals surface area (Å²) in [6.45, 7) is 4.02. The average molecular weight is 389 g/mol. The van der Waals surface area contributed by atoms with E-state index in [1.165, 1.54) is 17.5 Å². The Hall–Kier alpha value is -2.79. The summed E-state index contributed by atoms with van der Waals surface area (Å²) in [4.78, 5) is 17.5. The van der Waals surface area contributed by atoms with Gasteiger partial charge in [0.15, 0.2) is 0 Å². The van der Waals surface area contributed by atoms with Crippen molar-refractivity contribution < 1.29 is 9.21 Å². The van der Waals surface area contributed by atoms with E-state index < -0.39 is 0 Å². The third-order valence-corrected chi connectivity index (χ3v) is 6.24. The highest BCUT2D eigenvalue weighted by Gasteiger charge is 2.19. The summed E-state index contributed by atoms with van der Waals surface area (Å²) in [6.07, 6.45) is 5.53. The molecule has 0 spiro atoms. The molecule has 0 saturated carbocycles. The lowest BCUT2D eigenvalue weighted by atomic mass is 10.0. The normalized spacial score (nSPS) is 16.9. The summed E-state index contributed by atoms with van der Waals surface area (Å²) >= 11 is 0. The zero-order chi connectivity index (χ0) is 19.8. The molecule has 5 nitrogen and oxygen atoms in total. The largest absolute Gasteiger partial charge is 0.464 e. The van der Waals surface area contributed by atoms with Crippen molar-refractivity contribution in [2.45, 2.75) is 25.7 Å². The molecule has 29 heavy (non-hydrogen) atoms. The van der Waals surface area contributed by atoms with Crippen molar-refractivity contribution in [2.75, 3.05) is 43.4 Å². The Kier molecular flexibility index (Phi) is 4.76. The van der Waals surface area contributed by atoms with Crippen molar-refractivity contribution in [1.29, 1.82) is 0 Å². The smallest absolute Gasteiger partial charge is 0.228 e. The van der Waals surface area contributed by atoms with Crippen molar-refractivity contribution >= 4 is 28.3 Å². The quantitative estimate of drug-likeness (QED) is 0.736. The summed E-state index contributed by atoms with van der Waals surface area (Å²) < 4.78 is 5.76. The van der Waals surface area contributed by atoms with Gasteiger partial charge >= 0.3 is 0 Å². The van der Waals surface area contributed by atoms with Gasteiger partial charge in [-0.2, -0.15) is 0 Å². The second kappa shape index (κ2) is 7.56. The number of rotatable bonds is 4. The predicted octanol–water partition coefficient (Wildman–Crippen LogP) is 3.85. The second-order valence-corrected chi connectivity index (χ2v) is 8.26. The Morgan fingerprint density at radius 1 is 1.07 bits per heavy atom. The lowest BCUT2D eigenvalue weighted by Crippen LogP contribution is -2.44. The topological polar surface area (TPSA) is 48.7 Å². The second-order valence-electron chi connectivity index (χ2n) is 8.26. The molecule has 0 radical (unpaired) electrons.